The van der Waals surface area contributed by atoms with Crippen LogP contribution in [0.1, 0.15) is 24.8 Å². The van der Waals surface area contributed by atoms with Crippen molar-refractivity contribution in [1.29, 1.82) is 0 Å². The minimum atomic E-state index is -1.62. The number of ether oxygens (including phenoxy) is 1. The van der Waals surface area contributed by atoms with Gasteiger partial charge in [0.15, 0.2) is 5.60 Å². The Morgan fingerprint density at radius 1 is 1.35 bits per heavy atom. The second-order valence-electron chi connectivity index (χ2n) is 6.37. The summed E-state index contributed by atoms with van der Waals surface area (Å²) in [6, 6.07) is 9.08. The third-order valence-corrected chi connectivity index (χ3v) is 5.45. The number of nitrogens with zero attached hydrogens (tertiary/aromatic N) is 1. The highest BCUT2D eigenvalue weighted by Gasteiger charge is 2.43. The van der Waals surface area contributed by atoms with Crippen LogP contribution >= 0.6 is 22.6 Å². The van der Waals surface area contributed by atoms with Gasteiger partial charge < -0.3 is 9.84 Å². The summed E-state index contributed by atoms with van der Waals surface area (Å²) in [6.45, 7) is 2.99. The number of carbonyl (C=O) groups is 1. The molecule has 1 N–H and O–H groups in total. The van der Waals surface area contributed by atoms with E-state index in [2.05, 4.69) is 27.5 Å². The Hall–Kier alpha value is -0.920. The van der Waals surface area contributed by atoms with Crippen molar-refractivity contribution < 1.29 is 14.6 Å². The maximum atomic E-state index is 12.8. The number of piperidine rings is 3. The Bertz CT molecular complexity index is 569. The van der Waals surface area contributed by atoms with Crippen LogP contribution in [0.2, 0.25) is 0 Å². The van der Waals surface area contributed by atoms with Crippen molar-refractivity contribution in [3.63, 3.8) is 0 Å². The number of hydrogen-bond acceptors (Lipinski definition) is 4. The first-order valence-electron chi connectivity index (χ1n) is 8.10. The molecule has 2 bridgehead atoms. The summed E-state index contributed by atoms with van der Waals surface area (Å²) in [5, 5.41) is 11.0. The van der Waals surface area contributed by atoms with Gasteiger partial charge >= 0.3 is 5.97 Å². The normalized spacial score (nSPS) is 29.4. The maximum absolute atomic E-state index is 12.8. The van der Waals surface area contributed by atoms with Crippen molar-refractivity contribution in [3.8, 4) is 0 Å². The van der Waals surface area contributed by atoms with E-state index < -0.39 is 11.6 Å². The lowest BCUT2D eigenvalue weighted by Gasteiger charge is -2.44. The van der Waals surface area contributed by atoms with Crippen LogP contribution in [0, 0.1) is 5.92 Å². The van der Waals surface area contributed by atoms with Gasteiger partial charge in [0.05, 0.1) is 0 Å². The molecule has 3 heterocycles. The molecular formula is C18H22INO3. The number of benzene rings is 1. The third-order valence-electron chi connectivity index (χ3n) is 4.95. The van der Waals surface area contributed by atoms with Gasteiger partial charge in [-0.2, -0.15) is 0 Å². The number of esters is 1. The van der Waals surface area contributed by atoms with E-state index in [1.165, 1.54) is 0 Å². The predicted molar refractivity (Wildman–Crippen MR) is 97.2 cm³/mol. The van der Waals surface area contributed by atoms with Gasteiger partial charge in [0.25, 0.3) is 0 Å². The second kappa shape index (κ2) is 7.32. The summed E-state index contributed by atoms with van der Waals surface area (Å²) in [5.41, 5.74) is -1.03. The lowest BCUT2D eigenvalue weighted by atomic mass is 9.85. The zero-order chi connectivity index (χ0) is 16.3. The van der Waals surface area contributed by atoms with Crippen LogP contribution in [-0.2, 0) is 15.1 Å². The fourth-order valence-electron chi connectivity index (χ4n) is 3.53. The molecule has 1 aromatic carbocycles. The fourth-order valence-corrected chi connectivity index (χ4v) is 3.78. The Morgan fingerprint density at radius 2 is 2.04 bits per heavy atom. The zero-order valence-corrected chi connectivity index (χ0v) is 15.2. The van der Waals surface area contributed by atoms with E-state index in [0.717, 1.165) is 32.5 Å². The number of halogens is 1. The smallest absolute Gasteiger partial charge is 0.343 e. The molecule has 0 amide bonds. The van der Waals surface area contributed by atoms with Crippen LogP contribution in [0.4, 0.5) is 0 Å². The molecule has 1 aromatic rings. The molecule has 124 valence electrons. The van der Waals surface area contributed by atoms with Gasteiger partial charge in [-0.3, -0.25) is 4.90 Å². The monoisotopic (exact) mass is 431 g/mol. The van der Waals surface area contributed by atoms with E-state index in [4.69, 9.17) is 4.74 Å². The van der Waals surface area contributed by atoms with Crippen molar-refractivity contribution in [2.75, 3.05) is 19.6 Å². The zero-order valence-electron chi connectivity index (χ0n) is 13.0. The van der Waals surface area contributed by atoms with Gasteiger partial charge in [-0.1, -0.05) is 59.0 Å². The SMILES string of the molecule is O=C(O[C@H]1CN2CCC1CC2)[C@@](O)(C/C=C/[131I])c1ccccc1. The summed E-state index contributed by atoms with van der Waals surface area (Å²) in [6.07, 6.45) is 4.08. The van der Waals surface area contributed by atoms with Crippen LogP contribution in [0.15, 0.2) is 40.5 Å². The third kappa shape index (κ3) is 3.61. The first-order chi connectivity index (χ1) is 11.1. The first-order valence-corrected chi connectivity index (χ1v) is 9.34. The molecule has 3 aliphatic heterocycles. The molecule has 3 saturated heterocycles. The topological polar surface area (TPSA) is 49.8 Å². The van der Waals surface area contributed by atoms with Gasteiger partial charge in [-0.25, -0.2) is 4.79 Å². The van der Waals surface area contributed by atoms with E-state index >= 15 is 0 Å². The lowest BCUT2D eigenvalue weighted by Crippen LogP contribution is -2.53. The highest BCUT2D eigenvalue weighted by molar-refractivity contribution is 14.1. The quantitative estimate of drug-likeness (QED) is 0.576. The number of carbonyl (C=O) groups excluding carboxylic acids is 1. The van der Waals surface area contributed by atoms with E-state index in [9.17, 15) is 9.90 Å². The number of rotatable bonds is 5. The molecule has 0 unspecified atom stereocenters. The standard InChI is InChI=1S/C18H22INO3/c19-10-4-9-18(22,15-5-2-1-3-6-15)17(21)23-16-13-20-11-7-14(16)8-12-20/h1-6,10,14,16,22H,7-9,11-13H2/b10-4+/t16-,18+/m0/s1/i19+4. The van der Waals surface area contributed by atoms with E-state index in [0.29, 0.717) is 11.5 Å². The number of hydrogen-bond donors (Lipinski definition) is 1. The summed E-state index contributed by atoms with van der Waals surface area (Å²) < 4.78 is 7.59. The summed E-state index contributed by atoms with van der Waals surface area (Å²) in [7, 11) is 0. The van der Waals surface area contributed by atoms with Crippen molar-refractivity contribution in [3.05, 3.63) is 46.1 Å². The number of fused-ring (bicyclic) bond motifs is 3. The van der Waals surface area contributed by atoms with Crippen LogP contribution in [-0.4, -0.2) is 41.7 Å². The Kier molecular flexibility index (Phi) is 5.38. The minimum Gasteiger partial charge on any atom is -0.458 e. The molecule has 3 fully saturated rings. The molecule has 0 aliphatic carbocycles. The van der Waals surface area contributed by atoms with Crippen LogP contribution in [0.3, 0.4) is 0 Å². The van der Waals surface area contributed by atoms with Crippen molar-refractivity contribution in [1.82, 2.24) is 4.90 Å². The molecule has 0 radical (unpaired) electrons. The van der Waals surface area contributed by atoms with E-state index in [-0.39, 0.29) is 12.5 Å². The summed E-state index contributed by atoms with van der Waals surface area (Å²) >= 11 is 2.09. The average Bonchev–Trinajstić information content (AvgIpc) is 2.61. The summed E-state index contributed by atoms with van der Waals surface area (Å²) in [5.74, 6) is -0.0963. The van der Waals surface area contributed by atoms with Crippen LogP contribution < -0.4 is 0 Å². The fraction of sp³-hybridized carbons (Fsp3) is 0.500. The molecule has 4 rings (SSSR count). The van der Waals surface area contributed by atoms with Gasteiger partial charge in [0, 0.05) is 13.0 Å². The largest absolute Gasteiger partial charge is 0.458 e. The Balaban J connectivity index is 1.78. The highest BCUT2D eigenvalue weighted by atomic mass is 131. The van der Waals surface area contributed by atoms with Gasteiger partial charge in [0.1, 0.15) is 6.10 Å². The Labute approximate surface area is 150 Å². The lowest BCUT2D eigenvalue weighted by molar-refractivity contribution is -0.181. The van der Waals surface area contributed by atoms with E-state index in [1.54, 1.807) is 18.2 Å². The van der Waals surface area contributed by atoms with Crippen LogP contribution in [0.25, 0.3) is 0 Å². The molecule has 0 spiro atoms. The summed E-state index contributed by atoms with van der Waals surface area (Å²) in [4.78, 5) is 15.1. The van der Waals surface area contributed by atoms with Crippen molar-refractivity contribution in [2.24, 2.45) is 5.92 Å². The predicted octanol–water partition coefficient (Wildman–Crippen LogP) is 2.85. The molecule has 5 heteroatoms. The van der Waals surface area contributed by atoms with Gasteiger partial charge in [-0.05, 0) is 41.5 Å². The maximum Gasteiger partial charge on any atom is 0.343 e. The van der Waals surface area contributed by atoms with Crippen molar-refractivity contribution in [2.45, 2.75) is 31.0 Å². The molecule has 2 atom stereocenters. The Morgan fingerprint density at radius 3 is 2.61 bits per heavy atom. The average molecular weight is 431 g/mol. The molecule has 3 aliphatic rings. The molecule has 0 saturated carbocycles. The molecule has 0 aromatic heterocycles. The molecule has 23 heavy (non-hydrogen) atoms. The first kappa shape index (κ1) is 16.9. The van der Waals surface area contributed by atoms with E-state index in [1.807, 2.05) is 22.3 Å². The van der Waals surface area contributed by atoms with Crippen LogP contribution in [0.5, 0.6) is 0 Å². The molecular weight excluding hydrogens is 409 g/mol. The number of aliphatic hydroxyl groups is 1. The minimum absolute atomic E-state index is 0.0937. The second-order valence-corrected chi connectivity index (χ2v) is 7.09. The van der Waals surface area contributed by atoms with Gasteiger partial charge in [-0.15, -0.1) is 0 Å². The van der Waals surface area contributed by atoms with Gasteiger partial charge in [0.2, 0.25) is 0 Å². The molecule has 4 nitrogen and oxygen atoms in total. The van der Waals surface area contributed by atoms with Crippen molar-refractivity contribution >= 4 is 28.6 Å². The highest BCUT2D eigenvalue weighted by Crippen LogP contribution is 2.33.